The molecule has 0 saturated heterocycles. The highest BCUT2D eigenvalue weighted by atomic mass is 32.2. The minimum atomic E-state index is -3.69. The number of carbonyl (C=O) groups excluding carboxylic acids is 2. The van der Waals surface area contributed by atoms with Gasteiger partial charge in [0, 0.05) is 32.2 Å². The second-order valence-electron chi connectivity index (χ2n) is 7.14. The number of sulfonamides is 1. The minimum Gasteiger partial charge on any atom is -0.353 e. The summed E-state index contributed by atoms with van der Waals surface area (Å²) in [5.41, 5.74) is 2.17. The van der Waals surface area contributed by atoms with Crippen molar-refractivity contribution in [3.05, 3.63) is 77.9 Å². The van der Waals surface area contributed by atoms with E-state index in [0.29, 0.717) is 30.6 Å². The molecule has 0 radical (unpaired) electrons. The summed E-state index contributed by atoms with van der Waals surface area (Å²) in [6, 6.07) is 14.4. The van der Waals surface area contributed by atoms with Gasteiger partial charge in [-0.15, -0.1) is 0 Å². The molecule has 0 aliphatic carbocycles. The molecule has 0 aliphatic heterocycles. The zero-order valence-electron chi connectivity index (χ0n) is 17.9. The fourth-order valence-corrected chi connectivity index (χ4v) is 4.29. The van der Waals surface area contributed by atoms with Gasteiger partial charge in [0.2, 0.25) is 15.9 Å². The third-order valence-electron chi connectivity index (χ3n) is 4.83. The van der Waals surface area contributed by atoms with Crippen molar-refractivity contribution in [2.45, 2.75) is 24.7 Å². The molecule has 2 aromatic rings. The van der Waals surface area contributed by atoms with Crippen LogP contribution in [-0.2, 0) is 21.2 Å². The number of nitrogens with zero attached hydrogens (tertiary/aromatic N) is 1. The van der Waals surface area contributed by atoms with Crippen LogP contribution in [0.5, 0.6) is 0 Å². The Labute approximate surface area is 184 Å². The van der Waals surface area contributed by atoms with Crippen molar-refractivity contribution in [3.8, 4) is 0 Å². The maximum absolute atomic E-state index is 12.8. The highest BCUT2D eigenvalue weighted by Crippen LogP contribution is 2.19. The third-order valence-corrected chi connectivity index (χ3v) is 6.68. The molecule has 0 bridgehead atoms. The van der Waals surface area contributed by atoms with Crippen LogP contribution in [0.15, 0.2) is 66.1 Å². The maximum Gasteiger partial charge on any atom is 0.251 e. The number of aryl methyl sites for hydroxylation is 1. The monoisotopic (exact) mass is 443 g/mol. The zero-order valence-corrected chi connectivity index (χ0v) is 18.7. The summed E-state index contributed by atoms with van der Waals surface area (Å²) in [5.74, 6) is -0.525. The highest BCUT2D eigenvalue weighted by Gasteiger charge is 2.22. The van der Waals surface area contributed by atoms with Crippen LogP contribution in [0, 0.1) is 6.92 Å². The van der Waals surface area contributed by atoms with Crippen LogP contribution in [0.1, 0.15) is 27.9 Å². The van der Waals surface area contributed by atoms with E-state index < -0.39 is 10.0 Å². The van der Waals surface area contributed by atoms with Crippen LogP contribution in [0.2, 0.25) is 0 Å². The Morgan fingerprint density at radius 1 is 1.06 bits per heavy atom. The van der Waals surface area contributed by atoms with Gasteiger partial charge < -0.3 is 10.6 Å². The Morgan fingerprint density at radius 3 is 2.42 bits per heavy atom. The lowest BCUT2D eigenvalue weighted by Crippen LogP contribution is -2.31. The Morgan fingerprint density at radius 2 is 1.77 bits per heavy atom. The normalized spacial score (nSPS) is 11.2. The van der Waals surface area contributed by atoms with Gasteiger partial charge in [-0.3, -0.25) is 9.59 Å². The van der Waals surface area contributed by atoms with E-state index in [2.05, 4.69) is 17.2 Å². The van der Waals surface area contributed by atoms with Crippen molar-refractivity contribution in [1.82, 2.24) is 14.9 Å². The van der Waals surface area contributed by atoms with E-state index in [4.69, 9.17) is 0 Å². The first-order valence-corrected chi connectivity index (χ1v) is 11.5. The molecule has 2 N–H and O–H groups in total. The molecule has 7 nitrogen and oxygen atoms in total. The first-order valence-electron chi connectivity index (χ1n) is 10.0. The second-order valence-corrected chi connectivity index (χ2v) is 9.19. The van der Waals surface area contributed by atoms with Gasteiger partial charge in [0.05, 0.1) is 4.90 Å². The third kappa shape index (κ3) is 7.04. The van der Waals surface area contributed by atoms with Gasteiger partial charge in [-0.1, -0.05) is 36.9 Å². The molecule has 2 amide bonds. The number of hydrogen-bond donors (Lipinski definition) is 2. The standard InChI is InChI=1S/C23H29N3O4S/c1-4-22(27)24-14-8-16-26(3)31(29,30)20-11-12-21(18(2)17-20)23(28)25-15-13-19-9-6-5-7-10-19/h4-7,9-12,17H,1,8,13-16H2,2-3H3,(H,24,27)(H,25,28). The molecule has 0 saturated carbocycles. The summed E-state index contributed by atoms with van der Waals surface area (Å²) in [6.45, 7) is 6.18. The molecule has 2 rings (SSSR count). The molecule has 0 unspecified atom stereocenters. The molecule has 0 spiro atoms. The molecule has 0 fully saturated rings. The number of nitrogens with one attached hydrogen (secondary N) is 2. The van der Waals surface area contributed by atoms with Gasteiger partial charge in [0.1, 0.15) is 0 Å². The molecule has 8 heteroatoms. The molecule has 0 aliphatic rings. The van der Waals surface area contributed by atoms with Crippen LogP contribution in [0.4, 0.5) is 0 Å². The molecule has 31 heavy (non-hydrogen) atoms. The van der Waals surface area contributed by atoms with Crippen molar-refractivity contribution in [2.24, 2.45) is 0 Å². The number of hydrogen-bond acceptors (Lipinski definition) is 4. The molecular formula is C23H29N3O4S. The summed E-state index contributed by atoms with van der Waals surface area (Å²) >= 11 is 0. The van der Waals surface area contributed by atoms with Gasteiger partial charge >= 0.3 is 0 Å². The first kappa shape index (κ1) is 24.3. The summed E-state index contributed by atoms with van der Waals surface area (Å²) < 4.78 is 26.8. The fraction of sp³-hybridized carbons (Fsp3) is 0.304. The molecular weight excluding hydrogens is 414 g/mol. The summed E-state index contributed by atoms with van der Waals surface area (Å²) in [4.78, 5) is 23.8. The number of rotatable bonds is 11. The first-order chi connectivity index (χ1) is 14.8. The van der Waals surface area contributed by atoms with Crippen LogP contribution >= 0.6 is 0 Å². The van der Waals surface area contributed by atoms with Gasteiger partial charge in [-0.25, -0.2) is 12.7 Å². The lowest BCUT2D eigenvalue weighted by atomic mass is 10.1. The quantitative estimate of drug-likeness (QED) is 0.411. The Balaban J connectivity index is 1.95. The minimum absolute atomic E-state index is 0.128. The average Bonchev–Trinajstić information content (AvgIpc) is 2.76. The van der Waals surface area contributed by atoms with Crippen molar-refractivity contribution in [2.75, 3.05) is 26.7 Å². The van der Waals surface area contributed by atoms with Gasteiger partial charge in [0.15, 0.2) is 0 Å². The second kappa shape index (κ2) is 11.4. The van der Waals surface area contributed by atoms with Crippen LogP contribution in [-0.4, -0.2) is 51.2 Å². The van der Waals surface area contributed by atoms with E-state index in [-0.39, 0.29) is 23.3 Å². The van der Waals surface area contributed by atoms with Gasteiger partial charge in [-0.2, -0.15) is 0 Å². The van der Waals surface area contributed by atoms with Crippen molar-refractivity contribution in [1.29, 1.82) is 0 Å². The zero-order chi connectivity index (χ0) is 22.9. The average molecular weight is 444 g/mol. The lowest BCUT2D eigenvalue weighted by molar-refractivity contribution is -0.116. The van der Waals surface area contributed by atoms with Gasteiger partial charge in [0.25, 0.3) is 5.91 Å². The van der Waals surface area contributed by atoms with Crippen LogP contribution in [0.25, 0.3) is 0 Å². The van der Waals surface area contributed by atoms with Crippen LogP contribution in [0.3, 0.4) is 0 Å². The number of carbonyl (C=O) groups is 2. The summed E-state index contributed by atoms with van der Waals surface area (Å²) in [6.07, 6.45) is 2.36. The van der Waals surface area contributed by atoms with Crippen molar-refractivity contribution in [3.63, 3.8) is 0 Å². The van der Waals surface area contributed by atoms with E-state index in [1.807, 2.05) is 30.3 Å². The largest absolute Gasteiger partial charge is 0.353 e. The molecule has 166 valence electrons. The molecule has 0 heterocycles. The van der Waals surface area contributed by atoms with Crippen LogP contribution < -0.4 is 10.6 Å². The predicted molar refractivity (Wildman–Crippen MR) is 121 cm³/mol. The van der Waals surface area contributed by atoms with E-state index in [1.54, 1.807) is 6.92 Å². The topological polar surface area (TPSA) is 95.6 Å². The Bertz CT molecular complexity index is 1020. The van der Waals surface area contributed by atoms with E-state index in [0.717, 1.165) is 12.0 Å². The van der Waals surface area contributed by atoms with Gasteiger partial charge in [-0.05, 0) is 55.2 Å². The summed E-state index contributed by atoms with van der Waals surface area (Å²) in [5, 5.41) is 5.49. The fourth-order valence-electron chi connectivity index (χ4n) is 3.00. The molecule has 0 atom stereocenters. The van der Waals surface area contributed by atoms with Crippen molar-refractivity contribution < 1.29 is 18.0 Å². The molecule has 2 aromatic carbocycles. The van der Waals surface area contributed by atoms with E-state index >= 15 is 0 Å². The smallest absolute Gasteiger partial charge is 0.251 e. The summed E-state index contributed by atoms with van der Waals surface area (Å²) in [7, 11) is -2.20. The number of amides is 2. The molecule has 0 aromatic heterocycles. The highest BCUT2D eigenvalue weighted by molar-refractivity contribution is 7.89. The lowest BCUT2D eigenvalue weighted by Gasteiger charge is -2.18. The Kier molecular flexibility index (Phi) is 8.96. The number of benzene rings is 2. The van der Waals surface area contributed by atoms with E-state index in [9.17, 15) is 18.0 Å². The maximum atomic E-state index is 12.8. The Hall–Kier alpha value is -2.97. The SMILES string of the molecule is C=CC(=O)NCCCN(C)S(=O)(=O)c1ccc(C(=O)NCCc2ccccc2)c(C)c1. The van der Waals surface area contributed by atoms with Crippen molar-refractivity contribution >= 4 is 21.8 Å². The predicted octanol–water partition coefficient (Wildman–Crippen LogP) is 2.28. The van der Waals surface area contributed by atoms with E-state index in [1.165, 1.54) is 35.6 Å².